The summed E-state index contributed by atoms with van der Waals surface area (Å²) >= 11 is 0. The van der Waals surface area contributed by atoms with Crippen LogP contribution in [-0.4, -0.2) is 20.9 Å². The van der Waals surface area contributed by atoms with Crippen LogP contribution in [0.1, 0.15) is 44.8 Å². The van der Waals surface area contributed by atoms with Crippen LogP contribution in [0.2, 0.25) is 0 Å². The van der Waals surface area contributed by atoms with Crippen molar-refractivity contribution in [1.82, 2.24) is 9.78 Å². The van der Waals surface area contributed by atoms with Gasteiger partial charge in [-0.15, -0.1) is 0 Å². The molecule has 0 amide bonds. The summed E-state index contributed by atoms with van der Waals surface area (Å²) in [5.74, 6) is -0.544. The molecule has 0 aliphatic heterocycles. The van der Waals surface area contributed by atoms with Crippen LogP contribution in [0, 0.1) is 11.8 Å². The Labute approximate surface area is 102 Å². The molecule has 0 bridgehead atoms. The van der Waals surface area contributed by atoms with Gasteiger partial charge in [-0.25, -0.2) is 0 Å². The molecule has 1 fully saturated rings. The van der Waals surface area contributed by atoms with Gasteiger partial charge >= 0.3 is 5.97 Å². The number of aliphatic carboxylic acids is 1. The van der Waals surface area contributed by atoms with Crippen molar-refractivity contribution < 1.29 is 9.90 Å². The fraction of sp³-hybridized carbons (Fsp3) is 0.692. The summed E-state index contributed by atoms with van der Waals surface area (Å²) in [6, 6.07) is 2.37. The van der Waals surface area contributed by atoms with E-state index in [2.05, 4.69) is 18.9 Å². The predicted molar refractivity (Wildman–Crippen MR) is 64.8 cm³/mol. The molecule has 1 heterocycles. The van der Waals surface area contributed by atoms with Crippen molar-refractivity contribution in [2.24, 2.45) is 11.8 Å². The first kappa shape index (κ1) is 12.1. The molecule has 1 aromatic rings. The highest BCUT2D eigenvalue weighted by molar-refractivity contribution is 5.70. The Morgan fingerprint density at radius 1 is 1.59 bits per heavy atom. The fourth-order valence-electron chi connectivity index (χ4n) is 2.65. The number of nitrogens with zero attached hydrogens (tertiary/aromatic N) is 2. The van der Waals surface area contributed by atoms with Crippen LogP contribution >= 0.6 is 0 Å². The summed E-state index contributed by atoms with van der Waals surface area (Å²) < 4.78 is 1.93. The number of carbonyl (C=O) groups is 1. The number of carboxylic acid groups (broad SMARTS) is 1. The maximum Gasteiger partial charge on any atom is 0.306 e. The summed E-state index contributed by atoms with van der Waals surface area (Å²) in [5.41, 5.74) is 1.02. The summed E-state index contributed by atoms with van der Waals surface area (Å²) in [7, 11) is 0. The molecule has 0 saturated heterocycles. The zero-order valence-electron chi connectivity index (χ0n) is 10.5. The summed E-state index contributed by atoms with van der Waals surface area (Å²) in [6.45, 7) is 4.18. The highest BCUT2D eigenvalue weighted by Crippen LogP contribution is 2.34. The van der Waals surface area contributed by atoms with E-state index >= 15 is 0 Å². The molecule has 1 aliphatic carbocycles. The highest BCUT2D eigenvalue weighted by Gasteiger charge is 2.33. The molecule has 1 aromatic heterocycles. The van der Waals surface area contributed by atoms with Gasteiger partial charge in [-0.2, -0.15) is 5.10 Å². The second-order valence-corrected chi connectivity index (χ2v) is 5.22. The Hall–Kier alpha value is -1.32. The zero-order valence-corrected chi connectivity index (χ0v) is 10.5. The molecule has 0 spiro atoms. The first-order valence-corrected chi connectivity index (χ1v) is 6.34. The van der Waals surface area contributed by atoms with E-state index in [1.807, 2.05) is 16.9 Å². The number of carboxylic acids is 1. The van der Waals surface area contributed by atoms with E-state index in [0.29, 0.717) is 6.04 Å². The van der Waals surface area contributed by atoms with Gasteiger partial charge < -0.3 is 5.11 Å². The van der Waals surface area contributed by atoms with Crippen molar-refractivity contribution in [3.63, 3.8) is 0 Å². The van der Waals surface area contributed by atoms with E-state index in [1.165, 1.54) is 0 Å². The van der Waals surface area contributed by atoms with Crippen molar-refractivity contribution in [1.29, 1.82) is 0 Å². The average Bonchev–Trinajstić information content (AvgIpc) is 2.86. The molecule has 2 rings (SSSR count). The van der Waals surface area contributed by atoms with Crippen LogP contribution in [0.25, 0.3) is 0 Å². The van der Waals surface area contributed by atoms with Crippen LogP contribution in [0.4, 0.5) is 0 Å². The van der Waals surface area contributed by atoms with Gasteiger partial charge in [0.1, 0.15) is 0 Å². The molecule has 2 unspecified atom stereocenters. The molecule has 1 N–H and O–H groups in total. The van der Waals surface area contributed by atoms with E-state index in [1.54, 1.807) is 0 Å². The molecule has 1 aliphatic rings. The molecule has 1 saturated carbocycles. The Balaban J connectivity index is 2.02. The van der Waals surface area contributed by atoms with Gasteiger partial charge in [0, 0.05) is 12.2 Å². The van der Waals surface area contributed by atoms with E-state index < -0.39 is 5.97 Å². The third-order valence-electron chi connectivity index (χ3n) is 3.64. The Morgan fingerprint density at radius 3 is 2.94 bits per heavy atom. The van der Waals surface area contributed by atoms with Gasteiger partial charge in [0.2, 0.25) is 0 Å². The molecule has 0 aromatic carbocycles. The summed E-state index contributed by atoms with van der Waals surface area (Å²) in [4.78, 5) is 11.1. The van der Waals surface area contributed by atoms with E-state index in [-0.39, 0.29) is 11.8 Å². The Kier molecular flexibility index (Phi) is 3.50. The largest absolute Gasteiger partial charge is 0.481 e. The predicted octanol–water partition coefficient (Wildman–Crippen LogP) is 2.51. The van der Waals surface area contributed by atoms with E-state index in [9.17, 15) is 4.79 Å². The Bertz CT molecular complexity index is 398. The molecule has 4 nitrogen and oxygen atoms in total. The van der Waals surface area contributed by atoms with Crippen molar-refractivity contribution in [2.45, 2.75) is 45.6 Å². The molecule has 4 heteroatoms. The Morgan fingerprint density at radius 2 is 2.35 bits per heavy atom. The van der Waals surface area contributed by atoms with Crippen LogP contribution in [-0.2, 0) is 11.2 Å². The highest BCUT2D eigenvalue weighted by atomic mass is 16.4. The lowest BCUT2D eigenvalue weighted by atomic mass is 9.92. The molecule has 17 heavy (non-hydrogen) atoms. The second kappa shape index (κ2) is 4.90. The van der Waals surface area contributed by atoms with Gasteiger partial charge in [-0.1, -0.05) is 6.42 Å². The minimum atomic E-state index is -0.643. The van der Waals surface area contributed by atoms with Crippen molar-refractivity contribution in [2.75, 3.05) is 0 Å². The van der Waals surface area contributed by atoms with Crippen molar-refractivity contribution >= 4 is 5.97 Å². The van der Waals surface area contributed by atoms with Gasteiger partial charge in [0.25, 0.3) is 0 Å². The third kappa shape index (κ3) is 2.68. The molecule has 94 valence electrons. The van der Waals surface area contributed by atoms with Gasteiger partial charge in [0.15, 0.2) is 0 Å². The molecular formula is C13H20N2O2. The lowest BCUT2D eigenvalue weighted by Crippen LogP contribution is -2.20. The summed E-state index contributed by atoms with van der Waals surface area (Å²) in [5, 5.41) is 13.6. The lowest BCUT2D eigenvalue weighted by Gasteiger charge is -2.14. The minimum Gasteiger partial charge on any atom is -0.481 e. The average molecular weight is 236 g/mol. The van der Waals surface area contributed by atoms with Crippen molar-refractivity contribution in [3.8, 4) is 0 Å². The van der Waals surface area contributed by atoms with Crippen molar-refractivity contribution in [3.05, 3.63) is 18.0 Å². The van der Waals surface area contributed by atoms with Crippen LogP contribution in [0.5, 0.6) is 0 Å². The number of aromatic nitrogens is 2. The van der Waals surface area contributed by atoms with Gasteiger partial charge in [0.05, 0.1) is 11.6 Å². The van der Waals surface area contributed by atoms with Crippen LogP contribution in [0.3, 0.4) is 0 Å². The summed E-state index contributed by atoms with van der Waals surface area (Å²) in [6.07, 6.45) is 5.66. The maximum absolute atomic E-state index is 11.1. The number of rotatable bonds is 4. The third-order valence-corrected chi connectivity index (χ3v) is 3.64. The number of hydrogen-bond donors (Lipinski definition) is 1. The SMILES string of the molecule is CC(C)n1ccc(CC2CCCC2C(=O)O)n1. The lowest BCUT2D eigenvalue weighted by molar-refractivity contribution is -0.142. The first-order chi connectivity index (χ1) is 8.08. The molecule has 2 atom stereocenters. The van der Waals surface area contributed by atoms with Gasteiger partial charge in [-0.05, 0) is 45.1 Å². The van der Waals surface area contributed by atoms with Gasteiger partial charge in [-0.3, -0.25) is 9.48 Å². The smallest absolute Gasteiger partial charge is 0.306 e. The molecule has 0 radical (unpaired) electrons. The molecular weight excluding hydrogens is 216 g/mol. The standard InChI is InChI=1S/C13H20N2O2/c1-9(2)15-7-6-11(14-15)8-10-4-3-5-12(10)13(16)17/h6-7,9-10,12H,3-5,8H2,1-2H3,(H,16,17). The fourth-order valence-corrected chi connectivity index (χ4v) is 2.65. The van der Waals surface area contributed by atoms with Crippen LogP contribution in [0.15, 0.2) is 12.3 Å². The number of hydrogen-bond acceptors (Lipinski definition) is 2. The second-order valence-electron chi connectivity index (χ2n) is 5.22. The normalized spacial score (nSPS) is 24.4. The van der Waals surface area contributed by atoms with E-state index in [0.717, 1.165) is 31.4 Å². The zero-order chi connectivity index (χ0) is 12.4. The minimum absolute atomic E-state index is 0.167. The van der Waals surface area contributed by atoms with Crippen LogP contribution < -0.4 is 0 Å². The topological polar surface area (TPSA) is 55.1 Å². The monoisotopic (exact) mass is 236 g/mol. The quantitative estimate of drug-likeness (QED) is 0.873. The first-order valence-electron chi connectivity index (χ1n) is 6.34. The van der Waals surface area contributed by atoms with E-state index in [4.69, 9.17) is 5.11 Å². The maximum atomic E-state index is 11.1.